The van der Waals surface area contributed by atoms with Gasteiger partial charge < -0.3 is 19.9 Å². The fourth-order valence-corrected chi connectivity index (χ4v) is 2.77. The molecule has 1 rings (SSSR count). The van der Waals surface area contributed by atoms with Gasteiger partial charge in [-0.15, -0.1) is 0 Å². The predicted octanol–water partition coefficient (Wildman–Crippen LogP) is 3.55. The second kappa shape index (κ2) is 8.68. The van der Waals surface area contributed by atoms with E-state index in [1.807, 2.05) is 22.6 Å². The third-order valence-electron chi connectivity index (χ3n) is 3.14. The average Bonchev–Trinajstić information content (AvgIpc) is 2.43. The number of hydrogen-bond acceptors (Lipinski definition) is 4. The van der Waals surface area contributed by atoms with Gasteiger partial charge in [0.1, 0.15) is 30.2 Å². The molecule has 1 atom stereocenters. The first-order valence-electron chi connectivity index (χ1n) is 7.68. The molecule has 25 heavy (non-hydrogen) atoms. The van der Waals surface area contributed by atoms with Gasteiger partial charge >= 0.3 is 12.1 Å². The molecule has 0 aromatic heterocycles. The van der Waals surface area contributed by atoms with Crippen LogP contribution in [0.3, 0.4) is 0 Å². The summed E-state index contributed by atoms with van der Waals surface area (Å²) in [5, 5.41) is 12.0. The van der Waals surface area contributed by atoms with Crippen molar-refractivity contribution < 1.29 is 28.6 Å². The lowest BCUT2D eigenvalue weighted by Crippen LogP contribution is -2.54. The highest BCUT2D eigenvalue weighted by Gasteiger charge is 2.36. The molecule has 0 aliphatic rings. The van der Waals surface area contributed by atoms with Gasteiger partial charge in [0.25, 0.3) is 0 Å². The van der Waals surface area contributed by atoms with Gasteiger partial charge in [-0.05, 0) is 68.0 Å². The van der Waals surface area contributed by atoms with Crippen molar-refractivity contribution in [3.05, 3.63) is 27.3 Å². The lowest BCUT2D eigenvalue weighted by Gasteiger charge is -2.28. The standard InChI is InChI=1S/C17H23FINO5/c1-16(2,3)25-15(23)20-17(4,14(21)22)10-11-5-6-13(12(19)9-11)24-8-7-18/h5-6,9H,7-8,10H2,1-4H3,(H,20,23)(H,21,22)/t17-/m0/s1. The van der Waals surface area contributed by atoms with Crippen LogP contribution in [0.5, 0.6) is 5.75 Å². The molecule has 0 heterocycles. The summed E-state index contributed by atoms with van der Waals surface area (Å²) < 4.78 is 23.3. The van der Waals surface area contributed by atoms with Gasteiger partial charge in [-0.25, -0.2) is 14.0 Å². The highest BCUT2D eigenvalue weighted by Crippen LogP contribution is 2.25. The Morgan fingerprint density at radius 2 is 1.92 bits per heavy atom. The van der Waals surface area contributed by atoms with Crippen molar-refractivity contribution in [3.8, 4) is 5.75 Å². The summed E-state index contributed by atoms with van der Waals surface area (Å²) in [5.74, 6) is -0.648. The molecule has 140 valence electrons. The number of benzene rings is 1. The van der Waals surface area contributed by atoms with E-state index in [-0.39, 0.29) is 13.0 Å². The topological polar surface area (TPSA) is 84.9 Å². The van der Waals surface area contributed by atoms with Crippen molar-refractivity contribution >= 4 is 34.7 Å². The number of alkyl carbamates (subject to hydrolysis) is 1. The Morgan fingerprint density at radius 1 is 1.28 bits per heavy atom. The molecule has 2 N–H and O–H groups in total. The van der Waals surface area contributed by atoms with E-state index in [0.29, 0.717) is 11.3 Å². The first-order valence-corrected chi connectivity index (χ1v) is 8.76. The van der Waals surface area contributed by atoms with Gasteiger partial charge in [0.2, 0.25) is 0 Å². The van der Waals surface area contributed by atoms with E-state index < -0.39 is 29.9 Å². The Morgan fingerprint density at radius 3 is 2.40 bits per heavy atom. The number of carbonyl (C=O) groups is 2. The van der Waals surface area contributed by atoms with Gasteiger partial charge in [0, 0.05) is 6.42 Å². The minimum Gasteiger partial charge on any atom is -0.490 e. The minimum absolute atomic E-state index is 0.0393. The molecule has 0 aliphatic carbocycles. The fraction of sp³-hybridized carbons (Fsp3) is 0.529. The normalized spacial score (nSPS) is 13.7. The lowest BCUT2D eigenvalue weighted by atomic mass is 9.93. The van der Waals surface area contributed by atoms with Gasteiger partial charge in [-0.3, -0.25) is 0 Å². The molecular formula is C17H23FINO5. The number of ether oxygens (including phenoxy) is 2. The molecule has 1 amide bonds. The second-order valence-corrected chi connectivity index (χ2v) is 7.91. The third kappa shape index (κ3) is 7.05. The highest BCUT2D eigenvalue weighted by atomic mass is 127. The number of carbonyl (C=O) groups excluding carboxylic acids is 1. The number of carboxylic acids is 1. The summed E-state index contributed by atoms with van der Waals surface area (Å²) in [6.45, 7) is 5.88. The third-order valence-corrected chi connectivity index (χ3v) is 3.98. The largest absolute Gasteiger partial charge is 0.490 e. The predicted molar refractivity (Wildman–Crippen MR) is 99.7 cm³/mol. The summed E-state index contributed by atoms with van der Waals surface area (Å²) >= 11 is 2.03. The number of alkyl halides is 1. The lowest BCUT2D eigenvalue weighted by molar-refractivity contribution is -0.144. The number of nitrogens with one attached hydrogen (secondary N) is 1. The fourth-order valence-electron chi connectivity index (χ4n) is 2.03. The number of carboxylic acid groups (broad SMARTS) is 1. The summed E-state index contributed by atoms with van der Waals surface area (Å²) in [5.41, 5.74) is -1.57. The van der Waals surface area contributed by atoms with Gasteiger partial charge in [0.05, 0.1) is 3.57 Å². The first-order chi connectivity index (χ1) is 11.5. The zero-order valence-electron chi connectivity index (χ0n) is 14.7. The van der Waals surface area contributed by atoms with Crippen LogP contribution in [-0.2, 0) is 16.0 Å². The molecule has 1 aromatic carbocycles. The van der Waals surface area contributed by atoms with Crippen LogP contribution in [0.25, 0.3) is 0 Å². The molecule has 6 nitrogen and oxygen atoms in total. The molecule has 0 bridgehead atoms. The Hall–Kier alpha value is -1.58. The van der Waals surface area contributed by atoms with Crippen LogP contribution in [0.15, 0.2) is 18.2 Å². The maximum Gasteiger partial charge on any atom is 0.408 e. The molecule has 0 saturated heterocycles. The minimum atomic E-state index is -1.53. The van der Waals surface area contributed by atoms with Crippen LogP contribution in [0, 0.1) is 3.57 Å². The SMILES string of the molecule is CC(C)(C)OC(=O)N[C@@](C)(Cc1ccc(OCCF)c(I)c1)C(=O)O. The smallest absolute Gasteiger partial charge is 0.408 e. The number of amides is 1. The monoisotopic (exact) mass is 467 g/mol. The number of rotatable bonds is 7. The number of halogens is 2. The van der Waals surface area contributed by atoms with Crippen LogP contribution in [0.4, 0.5) is 9.18 Å². The van der Waals surface area contributed by atoms with E-state index in [0.717, 1.165) is 3.57 Å². The van der Waals surface area contributed by atoms with Gasteiger partial charge in [0.15, 0.2) is 0 Å². The Labute approximate surface area is 160 Å². The van der Waals surface area contributed by atoms with Crippen LogP contribution in [0.2, 0.25) is 0 Å². The van der Waals surface area contributed by atoms with Crippen molar-refractivity contribution in [3.63, 3.8) is 0 Å². The Balaban J connectivity index is 2.92. The Kier molecular flexibility index (Phi) is 7.45. The maximum atomic E-state index is 12.2. The zero-order valence-corrected chi connectivity index (χ0v) is 16.8. The zero-order chi connectivity index (χ0) is 19.3. The van der Waals surface area contributed by atoms with Gasteiger partial charge in [-0.1, -0.05) is 6.07 Å². The van der Waals surface area contributed by atoms with E-state index in [9.17, 15) is 19.1 Å². The maximum absolute atomic E-state index is 12.2. The summed E-state index contributed by atoms with van der Waals surface area (Å²) in [4.78, 5) is 23.6. The van der Waals surface area contributed by atoms with Crippen molar-refractivity contribution in [2.45, 2.75) is 45.3 Å². The van der Waals surface area contributed by atoms with Crippen LogP contribution < -0.4 is 10.1 Å². The molecule has 1 aromatic rings. The van der Waals surface area contributed by atoms with E-state index in [4.69, 9.17) is 9.47 Å². The molecule has 0 spiro atoms. The van der Waals surface area contributed by atoms with E-state index >= 15 is 0 Å². The molecule has 0 unspecified atom stereocenters. The van der Waals surface area contributed by atoms with Gasteiger partial charge in [-0.2, -0.15) is 0 Å². The average molecular weight is 467 g/mol. The Bertz CT molecular complexity index is 632. The molecular weight excluding hydrogens is 444 g/mol. The molecule has 0 fully saturated rings. The molecule has 8 heteroatoms. The van der Waals surface area contributed by atoms with E-state index in [2.05, 4.69) is 5.32 Å². The van der Waals surface area contributed by atoms with E-state index in [1.165, 1.54) is 6.92 Å². The van der Waals surface area contributed by atoms with Crippen LogP contribution in [-0.4, -0.2) is 41.6 Å². The van der Waals surface area contributed by atoms with Crippen molar-refractivity contribution in [2.75, 3.05) is 13.3 Å². The number of aliphatic carboxylic acids is 1. The van der Waals surface area contributed by atoms with Crippen molar-refractivity contribution in [2.24, 2.45) is 0 Å². The first kappa shape index (κ1) is 21.5. The summed E-state index contributed by atoms with van der Waals surface area (Å²) in [6, 6.07) is 5.09. The van der Waals surface area contributed by atoms with Crippen molar-refractivity contribution in [1.29, 1.82) is 0 Å². The van der Waals surface area contributed by atoms with E-state index in [1.54, 1.807) is 39.0 Å². The summed E-state index contributed by atoms with van der Waals surface area (Å²) in [7, 11) is 0. The summed E-state index contributed by atoms with van der Waals surface area (Å²) in [6.07, 6.45) is -0.740. The van der Waals surface area contributed by atoms with Crippen LogP contribution in [0.1, 0.15) is 33.3 Å². The van der Waals surface area contributed by atoms with Crippen LogP contribution >= 0.6 is 22.6 Å². The molecule has 0 saturated carbocycles. The quantitative estimate of drug-likeness (QED) is 0.600. The second-order valence-electron chi connectivity index (χ2n) is 6.74. The number of hydrogen-bond donors (Lipinski definition) is 2. The molecule has 0 radical (unpaired) electrons. The highest BCUT2D eigenvalue weighted by molar-refractivity contribution is 14.1. The molecule has 0 aliphatic heterocycles. The van der Waals surface area contributed by atoms with Crippen molar-refractivity contribution in [1.82, 2.24) is 5.32 Å².